The number of amides is 1. The van der Waals surface area contributed by atoms with Crippen molar-refractivity contribution in [2.75, 3.05) is 27.2 Å². The molecule has 4 nitrogen and oxygen atoms in total. The second kappa shape index (κ2) is 6.86. The van der Waals surface area contributed by atoms with Crippen LogP contribution in [0.4, 0.5) is 0 Å². The Morgan fingerprint density at radius 1 is 1.38 bits per heavy atom. The molecule has 78 valence electrons. The Kier molecular flexibility index (Phi) is 6.54. The highest BCUT2D eigenvalue weighted by Crippen LogP contribution is 1.95. The molecule has 0 fully saturated rings. The fraction of sp³-hybridized carbons (Fsp3) is 0.889. The molecular formula is C9H21N3O. The van der Waals surface area contributed by atoms with Crippen LogP contribution >= 0.6 is 0 Å². The van der Waals surface area contributed by atoms with Crippen LogP contribution in [0.2, 0.25) is 0 Å². The molecule has 0 saturated carbocycles. The molecule has 0 atom stereocenters. The number of nitrogens with one attached hydrogen (secondary N) is 2. The maximum Gasteiger partial charge on any atom is 0.235 e. The van der Waals surface area contributed by atoms with E-state index >= 15 is 0 Å². The van der Waals surface area contributed by atoms with Crippen LogP contribution in [0.15, 0.2) is 0 Å². The number of nitrogens with zero attached hydrogens (tertiary/aromatic N) is 1. The van der Waals surface area contributed by atoms with Gasteiger partial charge in [0.25, 0.3) is 0 Å². The zero-order valence-electron chi connectivity index (χ0n) is 9.05. The van der Waals surface area contributed by atoms with Gasteiger partial charge in [-0.1, -0.05) is 13.8 Å². The van der Waals surface area contributed by atoms with E-state index in [0.717, 1.165) is 13.0 Å². The molecule has 2 N–H and O–H groups in total. The van der Waals surface area contributed by atoms with Crippen LogP contribution in [0.1, 0.15) is 20.3 Å². The SMILES string of the molecule is CC(C)CCNC(=O)CNN(C)C. The lowest BCUT2D eigenvalue weighted by atomic mass is 10.1. The van der Waals surface area contributed by atoms with Gasteiger partial charge in [0, 0.05) is 20.6 Å². The zero-order chi connectivity index (χ0) is 10.3. The Morgan fingerprint density at radius 3 is 2.46 bits per heavy atom. The van der Waals surface area contributed by atoms with Gasteiger partial charge >= 0.3 is 0 Å². The lowest BCUT2D eigenvalue weighted by molar-refractivity contribution is -0.120. The average Bonchev–Trinajstić information content (AvgIpc) is 2.00. The molecule has 1 amide bonds. The van der Waals surface area contributed by atoms with Crippen molar-refractivity contribution in [3.8, 4) is 0 Å². The molecule has 0 heterocycles. The predicted octanol–water partition coefficient (Wildman–Crippen LogP) is 0.215. The highest BCUT2D eigenvalue weighted by atomic mass is 16.2. The van der Waals surface area contributed by atoms with Gasteiger partial charge in [-0.05, 0) is 12.3 Å². The van der Waals surface area contributed by atoms with E-state index in [2.05, 4.69) is 24.6 Å². The third-order valence-corrected chi connectivity index (χ3v) is 1.60. The largest absolute Gasteiger partial charge is 0.355 e. The number of hydrogen-bond donors (Lipinski definition) is 2. The number of carbonyl (C=O) groups excluding carboxylic acids is 1. The molecule has 0 aliphatic rings. The Hall–Kier alpha value is -0.610. The fourth-order valence-electron chi connectivity index (χ4n) is 0.793. The normalized spacial score (nSPS) is 10.9. The third kappa shape index (κ3) is 9.30. The van der Waals surface area contributed by atoms with Crippen molar-refractivity contribution >= 4 is 5.91 Å². The summed E-state index contributed by atoms with van der Waals surface area (Å²) in [5, 5.41) is 4.61. The maximum atomic E-state index is 11.1. The molecule has 0 spiro atoms. The third-order valence-electron chi connectivity index (χ3n) is 1.60. The van der Waals surface area contributed by atoms with Crippen LogP contribution in [0, 0.1) is 5.92 Å². The van der Waals surface area contributed by atoms with Crippen LogP contribution in [-0.2, 0) is 4.79 Å². The quantitative estimate of drug-likeness (QED) is 0.584. The van der Waals surface area contributed by atoms with Crippen molar-refractivity contribution in [1.82, 2.24) is 15.8 Å². The van der Waals surface area contributed by atoms with Crippen molar-refractivity contribution in [2.45, 2.75) is 20.3 Å². The van der Waals surface area contributed by atoms with Gasteiger partial charge in [0.1, 0.15) is 0 Å². The summed E-state index contributed by atoms with van der Waals surface area (Å²) in [6, 6.07) is 0. The molecule has 0 aliphatic carbocycles. The minimum absolute atomic E-state index is 0.0503. The zero-order valence-corrected chi connectivity index (χ0v) is 9.05. The molecule has 0 unspecified atom stereocenters. The van der Waals surface area contributed by atoms with Gasteiger partial charge in [-0.25, -0.2) is 5.43 Å². The van der Waals surface area contributed by atoms with Crippen LogP contribution in [-0.4, -0.2) is 38.1 Å². The summed E-state index contributed by atoms with van der Waals surface area (Å²) in [6.45, 7) is 5.41. The van der Waals surface area contributed by atoms with E-state index in [-0.39, 0.29) is 5.91 Å². The highest BCUT2D eigenvalue weighted by molar-refractivity contribution is 5.77. The van der Waals surface area contributed by atoms with Crippen molar-refractivity contribution in [2.24, 2.45) is 5.92 Å². The lowest BCUT2D eigenvalue weighted by Gasteiger charge is -2.12. The van der Waals surface area contributed by atoms with E-state index in [0.29, 0.717) is 12.5 Å². The Balaban J connectivity index is 3.30. The van der Waals surface area contributed by atoms with Crippen LogP contribution in [0.3, 0.4) is 0 Å². The van der Waals surface area contributed by atoms with Gasteiger partial charge in [-0.2, -0.15) is 0 Å². The molecular weight excluding hydrogens is 166 g/mol. The number of hydrogen-bond acceptors (Lipinski definition) is 3. The maximum absolute atomic E-state index is 11.1. The first-order valence-corrected chi connectivity index (χ1v) is 4.70. The summed E-state index contributed by atoms with van der Waals surface area (Å²) in [6.07, 6.45) is 1.04. The molecule has 0 aromatic rings. The molecule has 13 heavy (non-hydrogen) atoms. The topological polar surface area (TPSA) is 44.4 Å². The Morgan fingerprint density at radius 2 is 2.00 bits per heavy atom. The van der Waals surface area contributed by atoms with Gasteiger partial charge in [0.05, 0.1) is 6.54 Å². The second-order valence-electron chi connectivity index (χ2n) is 3.76. The number of rotatable bonds is 6. The summed E-state index contributed by atoms with van der Waals surface area (Å²) < 4.78 is 0. The second-order valence-corrected chi connectivity index (χ2v) is 3.76. The lowest BCUT2D eigenvalue weighted by Crippen LogP contribution is -2.40. The molecule has 0 rings (SSSR count). The van der Waals surface area contributed by atoms with E-state index in [1.165, 1.54) is 0 Å². The van der Waals surface area contributed by atoms with E-state index in [4.69, 9.17) is 0 Å². The highest BCUT2D eigenvalue weighted by Gasteiger charge is 2.00. The van der Waals surface area contributed by atoms with Gasteiger partial charge < -0.3 is 5.32 Å². The van der Waals surface area contributed by atoms with E-state index < -0.39 is 0 Å². The summed E-state index contributed by atoms with van der Waals surface area (Å²) >= 11 is 0. The van der Waals surface area contributed by atoms with E-state index in [1.807, 2.05) is 14.1 Å². The smallest absolute Gasteiger partial charge is 0.235 e. The number of hydrazine groups is 1. The average molecular weight is 187 g/mol. The van der Waals surface area contributed by atoms with Gasteiger partial charge in [0.15, 0.2) is 0 Å². The molecule has 0 bridgehead atoms. The summed E-state index contributed by atoms with van der Waals surface area (Å²) in [5.41, 5.74) is 2.90. The fourth-order valence-corrected chi connectivity index (χ4v) is 0.793. The minimum Gasteiger partial charge on any atom is -0.355 e. The van der Waals surface area contributed by atoms with Gasteiger partial charge in [-0.3, -0.25) is 9.80 Å². The molecule has 0 radical (unpaired) electrons. The van der Waals surface area contributed by atoms with Crippen molar-refractivity contribution in [1.29, 1.82) is 0 Å². The van der Waals surface area contributed by atoms with E-state index in [1.54, 1.807) is 5.01 Å². The van der Waals surface area contributed by atoms with Crippen molar-refractivity contribution < 1.29 is 4.79 Å². The molecule has 0 aliphatic heterocycles. The van der Waals surface area contributed by atoms with Crippen LogP contribution in [0.5, 0.6) is 0 Å². The minimum atomic E-state index is 0.0503. The molecule has 0 aromatic heterocycles. The summed E-state index contributed by atoms with van der Waals surface area (Å²) in [5.74, 6) is 0.691. The monoisotopic (exact) mass is 187 g/mol. The first-order chi connectivity index (χ1) is 6.02. The first kappa shape index (κ1) is 12.4. The summed E-state index contributed by atoms with van der Waals surface area (Å²) in [4.78, 5) is 11.1. The molecule has 0 aromatic carbocycles. The molecule has 4 heteroatoms. The molecule has 0 saturated heterocycles. The van der Waals surface area contributed by atoms with Gasteiger partial charge in [0.2, 0.25) is 5.91 Å². The Bertz CT molecular complexity index is 146. The first-order valence-electron chi connectivity index (χ1n) is 4.70. The van der Waals surface area contributed by atoms with Crippen molar-refractivity contribution in [3.05, 3.63) is 0 Å². The van der Waals surface area contributed by atoms with Crippen molar-refractivity contribution in [3.63, 3.8) is 0 Å². The van der Waals surface area contributed by atoms with Crippen LogP contribution in [0.25, 0.3) is 0 Å². The predicted molar refractivity (Wildman–Crippen MR) is 54.2 cm³/mol. The van der Waals surface area contributed by atoms with Gasteiger partial charge in [-0.15, -0.1) is 0 Å². The Labute approximate surface area is 80.7 Å². The standard InChI is InChI=1S/C9H21N3O/c1-8(2)5-6-10-9(13)7-11-12(3)4/h8,11H,5-7H2,1-4H3,(H,10,13). The number of carbonyl (C=O) groups is 1. The van der Waals surface area contributed by atoms with Crippen LogP contribution < -0.4 is 10.7 Å². The summed E-state index contributed by atoms with van der Waals surface area (Å²) in [7, 11) is 3.72. The van der Waals surface area contributed by atoms with E-state index in [9.17, 15) is 4.79 Å².